The van der Waals surface area contributed by atoms with Gasteiger partial charge in [0.25, 0.3) is 0 Å². The van der Waals surface area contributed by atoms with E-state index in [1.165, 1.54) is 42.4 Å². The van der Waals surface area contributed by atoms with E-state index in [-0.39, 0.29) is 6.61 Å². The molecule has 0 bridgehead atoms. The molecule has 0 aromatic heterocycles. The summed E-state index contributed by atoms with van der Waals surface area (Å²) in [7, 11) is 0. The van der Waals surface area contributed by atoms with Crippen molar-refractivity contribution >= 4 is 0 Å². The van der Waals surface area contributed by atoms with Gasteiger partial charge < -0.3 is 5.11 Å². The molecule has 0 unspecified atom stereocenters. The Morgan fingerprint density at radius 3 is 2.50 bits per heavy atom. The van der Waals surface area contributed by atoms with Crippen molar-refractivity contribution in [2.75, 3.05) is 13.2 Å². The fourth-order valence-corrected chi connectivity index (χ4v) is 2.92. The van der Waals surface area contributed by atoms with Crippen molar-refractivity contribution in [1.29, 1.82) is 0 Å². The van der Waals surface area contributed by atoms with E-state index in [0.29, 0.717) is 6.04 Å². The maximum atomic E-state index is 9.23. The highest BCUT2D eigenvalue weighted by Crippen LogP contribution is 2.25. The molecule has 0 spiro atoms. The number of aryl methyl sites for hydroxylation is 2. The second-order valence-corrected chi connectivity index (χ2v) is 5.55. The number of nitrogens with zero attached hydrogens (tertiary/aromatic N) is 1. The molecule has 0 amide bonds. The molecule has 18 heavy (non-hydrogen) atoms. The van der Waals surface area contributed by atoms with Crippen LogP contribution in [0.4, 0.5) is 0 Å². The van der Waals surface area contributed by atoms with E-state index in [9.17, 15) is 5.11 Å². The number of aliphatic hydroxyl groups is 1. The molecular weight excluding hydrogens is 222 g/mol. The van der Waals surface area contributed by atoms with E-state index < -0.39 is 0 Å². The zero-order valence-corrected chi connectivity index (χ0v) is 11.7. The van der Waals surface area contributed by atoms with E-state index in [1.54, 1.807) is 0 Å². The highest BCUT2D eigenvalue weighted by atomic mass is 16.3. The summed E-state index contributed by atoms with van der Waals surface area (Å²) in [4.78, 5) is 2.46. The van der Waals surface area contributed by atoms with Crippen LogP contribution in [-0.4, -0.2) is 29.2 Å². The zero-order valence-electron chi connectivity index (χ0n) is 11.7. The molecule has 1 aliphatic rings. The van der Waals surface area contributed by atoms with Crippen LogP contribution in [0.2, 0.25) is 0 Å². The lowest BCUT2D eigenvalue weighted by Gasteiger charge is -2.28. The van der Waals surface area contributed by atoms with Crippen LogP contribution < -0.4 is 0 Å². The number of hydrogen-bond donors (Lipinski definition) is 1. The minimum atomic E-state index is 0.265. The Labute approximate surface area is 111 Å². The van der Waals surface area contributed by atoms with Gasteiger partial charge in [-0.1, -0.05) is 31.0 Å². The van der Waals surface area contributed by atoms with E-state index in [1.807, 2.05) is 0 Å². The van der Waals surface area contributed by atoms with Gasteiger partial charge in [0.15, 0.2) is 0 Å². The molecule has 1 aromatic carbocycles. The van der Waals surface area contributed by atoms with Crippen LogP contribution in [-0.2, 0) is 6.54 Å². The van der Waals surface area contributed by atoms with Gasteiger partial charge in [0.1, 0.15) is 0 Å². The summed E-state index contributed by atoms with van der Waals surface area (Å²) < 4.78 is 0. The third kappa shape index (κ3) is 3.33. The minimum Gasteiger partial charge on any atom is -0.395 e. The second-order valence-electron chi connectivity index (χ2n) is 5.55. The molecule has 0 saturated heterocycles. The molecule has 1 fully saturated rings. The summed E-state index contributed by atoms with van der Waals surface area (Å²) >= 11 is 0. The number of aliphatic hydroxyl groups excluding tert-OH is 1. The molecular formula is C16H25NO. The van der Waals surface area contributed by atoms with Crippen molar-refractivity contribution in [1.82, 2.24) is 4.90 Å². The lowest BCUT2D eigenvalue weighted by atomic mass is 10.1. The van der Waals surface area contributed by atoms with Gasteiger partial charge in [-0.3, -0.25) is 4.90 Å². The third-order valence-corrected chi connectivity index (χ3v) is 4.19. The van der Waals surface area contributed by atoms with Gasteiger partial charge in [0.2, 0.25) is 0 Å². The maximum absolute atomic E-state index is 9.23. The number of hydrogen-bond acceptors (Lipinski definition) is 2. The van der Waals surface area contributed by atoms with Crippen molar-refractivity contribution in [2.45, 2.75) is 52.1 Å². The van der Waals surface area contributed by atoms with Crippen LogP contribution in [0.5, 0.6) is 0 Å². The third-order valence-electron chi connectivity index (χ3n) is 4.19. The largest absolute Gasteiger partial charge is 0.395 e. The van der Waals surface area contributed by atoms with Crippen molar-refractivity contribution in [3.05, 3.63) is 34.9 Å². The van der Waals surface area contributed by atoms with Gasteiger partial charge >= 0.3 is 0 Å². The monoisotopic (exact) mass is 247 g/mol. The molecule has 1 aromatic rings. The summed E-state index contributed by atoms with van der Waals surface area (Å²) in [6.07, 6.45) is 5.29. The first-order chi connectivity index (χ1) is 8.70. The summed E-state index contributed by atoms with van der Waals surface area (Å²) in [6, 6.07) is 7.39. The summed E-state index contributed by atoms with van der Waals surface area (Å²) in [5.74, 6) is 0. The first kappa shape index (κ1) is 13.6. The Bertz CT molecular complexity index is 383. The van der Waals surface area contributed by atoms with Crippen LogP contribution in [0.15, 0.2) is 18.2 Å². The molecule has 100 valence electrons. The van der Waals surface area contributed by atoms with Gasteiger partial charge in [-0.2, -0.15) is 0 Å². The number of rotatable bonds is 5. The first-order valence-corrected chi connectivity index (χ1v) is 7.11. The van der Waals surface area contributed by atoms with E-state index in [0.717, 1.165) is 13.1 Å². The molecule has 1 N–H and O–H groups in total. The lowest BCUT2D eigenvalue weighted by molar-refractivity contribution is 0.145. The Hall–Kier alpha value is -0.860. The van der Waals surface area contributed by atoms with E-state index >= 15 is 0 Å². The summed E-state index contributed by atoms with van der Waals surface area (Å²) in [6.45, 7) is 6.37. The molecule has 0 aliphatic heterocycles. The fourth-order valence-electron chi connectivity index (χ4n) is 2.92. The average Bonchev–Trinajstić information content (AvgIpc) is 2.87. The van der Waals surface area contributed by atoms with Crippen LogP contribution in [0.1, 0.15) is 42.4 Å². The Balaban J connectivity index is 2.04. The molecule has 0 radical (unpaired) electrons. The summed E-state index contributed by atoms with van der Waals surface area (Å²) in [5.41, 5.74) is 4.09. The number of benzene rings is 1. The van der Waals surface area contributed by atoms with Gasteiger partial charge in [-0.05, 0) is 43.4 Å². The molecule has 0 atom stereocenters. The van der Waals surface area contributed by atoms with Gasteiger partial charge in [-0.15, -0.1) is 0 Å². The predicted octanol–water partition coefficient (Wildman–Crippen LogP) is 3.04. The minimum absolute atomic E-state index is 0.265. The topological polar surface area (TPSA) is 23.5 Å². The molecule has 2 heteroatoms. The molecule has 1 aliphatic carbocycles. The highest BCUT2D eigenvalue weighted by molar-refractivity contribution is 5.29. The molecule has 2 nitrogen and oxygen atoms in total. The van der Waals surface area contributed by atoms with Gasteiger partial charge in [-0.25, -0.2) is 0 Å². The quantitative estimate of drug-likeness (QED) is 0.864. The van der Waals surface area contributed by atoms with Crippen LogP contribution in [0.25, 0.3) is 0 Å². The molecule has 1 saturated carbocycles. The van der Waals surface area contributed by atoms with Crippen molar-refractivity contribution in [2.24, 2.45) is 0 Å². The smallest absolute Gasteiger partial charge is 0.0558 e. The van der Waals surface area contributed by atoms with Crippen molar-refractivity contribution in [3.8, 4) is 0 Å². The second kappa shape index (κ2) is 6.35. The maximum Gasteiger partial charge on any atom is 0.0558 e. The zero-order chi connectivity index (χ0) is 13.0. The normalized spacial score (nSPS) is 16.7. The van der Waals surface area contributed by atoms with Crippen LogP contribution in [0.3, 0.4) is 0 Å². The lowest BCUT2D eigenvalue weighted by Crippen LogP contribution is -2.35. The van der Waals surface area contributed by atoms with Crippen LogP contribution in [0, 0.1) is 13.8 Å². The van der Waals surface area contributed by atoms with Crippen molar-refractivity contribution < 1.29 is 5.11 Å². The fraction of sp³-hybridized carbons (Fsp3) is 0.625. The van der Waals surface area contributed by atoms with E-state index in [2.05, 4.69) is 36.9 Å². The Morgan fingerprint density at radius 1 is 1.17 bits per heavy atom. The highest BCUT2D eigenvalue weighted by Gasteiger charge is 2.22. The Kier molecular flexibility index (Phi) is 4.79. The van der Waals surface area contributed by atoms with Gasteiger partial charge in [0.05, 0.1) is 6.61 Å². The van der Waals surface area contributed by atoms with Gasteiger partial charge in [0, 0.05) is 19.1 Å². The standard InChI is InChI=1S/C16H25NO/c1-13-7-8-15(11-14(13)2)12-17(9-10-18)16-5-3-4-6-16/h7-8,11,16,18H,3-6,9-10,12H2,1-2H3. The molecule has 2 rings (SSSR count). The average molecular weight is 247 g/mol. The molecule has 0 heterocycles. The first-order valence-electron chi connectivity index (χ1n) is 7.11. The van der Waals surface area contributed by atoms with Crippen molar-refractivity contribution in [3.63, 3.8) is 0 Å². The summed E-state index contributed by atoms with van der Waals surface area (Å²) in [5, 5.41) is 9.23. The van der Waals surface area contributed by atoms with E-state index in [4.69, 9.17) is 0 Å². The predicted molar refractivity (Wildman–Crippen MR) is 75.7 cm³/mol. The van der Waals surface area contributed by atoms with Crippen LogP contribution >= 0.6 is 0 Å². The SMILES string of the molecule is Cc1ccc(CN(CCO)C2CCCC2)cc1C. The Morgan fingerprint density at radius 2 is 1.89 bits per heavy atom.